The van der Waals surface area contributed by atoms with Gasteiger partial charge in [-0.2, -0.15) is 0 Å². The molecule has 2 rings (SSSR count). The minimum absolute atomic E-state index is 0.520. The molecule has 0 bridgehead atoms. The standard InChI is InChI=1S/C10H13Br2NS/c1-10(2)4-8(10)13-5-6-3-7(11)9(12)14-6/h3,8,13H,4-5H2,1-2H3. The van der Waals surface area contributed by atoms with E-state index in [0.717, 1.165) is 11.0 Å². The molecule has 0 amide bonds. The van der Waals surface area contributed by atoms with Gasteiger partial charge in [-0.25, -0.2) is 0 Å². The van der Waals surface area contributed by atoms with Gasteiger partial charge in [-0.1, -0.05) is 13.8 Å². The van der Waals surface area contributed by atoms with Gasteiger partial charge < -0.3 is 5.32 Å². The van der Waals surface area contributed by atoms with Crippen LogP contribution >= 0.6 is 43.2 Å². The van der Waals surface area contributed by atoms with Crippen LogP contribution in [0.4, 0.5) is 0 Å². The van der Waals surface area contributed by atoms with Crippen molar-refractivity contribution >= 4 is 43.2 Å². The first-order chi connectivity index (χ1) is 6.49. The first-order valence-corrected chi connectivity index (χ1v) is 7.06. The van der Waals surface area contributed by atoms with Gasteiger partial charge in [0.2, 0.25) is 0 Å². The zero-order chi connectivity index (χ0) is 10.3. The lowest BCUT2D eigenvalue weighted by Crippen LogP contribution is -2.19. The van der Waals surface area contributed by atoms with Gasteiger partial charge in [-0.05, 0) is 49.8 Å². The van der Waals surface area contributed by atoms with Crippen molar-refractivity contribution in [2.75, 3.05) is 0 Å². The van der Waals surface area contributed by atoms with E-state index < -0.39 is 0 Å². The first kappa shape index (κ1) is 11.1. The fourth-order valence-corrected chi connectivity index (χ4v) is 3.65. The van der Waals surface area contributed by atoms with E-state index in [2.05, 4.69) is 57.1 Å². The molecule has 1 fully saturated rings. The van der Waals surface area contributed by atoms with E-state index in [1.165, 1.54) is 15.1 Å². The highest BCUT2D eigenvalue weighted by atomic mass is 79.9. The summed E-state index contributed by atoms with van der Waals surface area (Å²) in [7, 11) is 0. The molecule has 1 aliphatic rings. The number of thiophene rings is 1. The molecule has 0 spiro atoms. The number of rotatable bonds is 3. The summed E-state index contributed by atoms with van der Waals surface area (Å²) in [6.45, 7) is 5.61. The second kappa shape index (κ2) is 3.89. The predicted molar refractivity (Wildman–Crippen MR) is 68.7 cm³/mol. The Kier molecular flexibility index (Phi) is 3.09. The van der Waals surface area contributed by atoms with Crippen molar-refractivity contribution in [1.82, 2.24) is 5.32 Å². The first-order valence-electron chi connectivity index (χ1n) is 4.66. The Balaban J connectivity index is 1.87. The maximum absolute atomic E-state index is 3.57. The molecule has 4 heteroatoms. The average molecular weight is 339 g/mol. The van der Waals surface area contributed by atoms with Crippen LogP contribution in [-0.4, -0.2) is 6.04 Å². The molecular formula is C10H13Br2NS. The van der Waals surface area contributed by atoms with Gasteiger partial charge in [0.1, 0.15) is 0 Å². The van der Waals surface area contributed by atoms with Gasteiger partial charge in [0.25, 0.3) is 0 Å². The summed E-state index contributed by atoms with van der Waals surface area (Å²) in [5.41, 5.74) is 0.520. The molecule has 1 aromatic rings. The maximum Gasteiger partial charge on any atom is 0.0843 e. The highest BCUT2D eigenvalue weighted by Crippen LogP contribution is 2.45. The normalized spacial score (nSPS) is 23.9. The Labute approximate surface area is 106 Å². The lowest BCUT2D eigenvalue weighted by Gasteiger charge is -2.04. The quantitative estimate of drug-likeness (QED) is 0.872. The Morgan fingerprint density at radius 2 is 2.21 bits per heavy atom. The minimum Gasteiger partial charge on any atom is -0.309 e. The van der Waals surface area contributed by atoms with E-state index in [1.54, 1.807) is 11.3 Å². The summed E-state index contributed by atoms with van der Waals surface area (Å²) < 4.78 is 2.35. The summed E-state index contributed by atoms with van der Waals surface area (Å²) in [5.74, 6) is 0. The predicted octanol–water partition coefficient (Wildman–Crippen LogP) is 4.16. The largest absolute Gasteiger partial charge is 0.309 e. The Morgan fingerprint density at radius 3 is 2.64 bits per heavy atom. The van der Waals surface area contributed by atoms with E-state index in [9.17, 15) is 0 Å². The number of halogens is 2. The molecule has 1 nitrogen and oxygen atoms in total. The van der Waals surface area contributed by atoms with E-state index in [1.807, 2.05) is 0 Å². The Hall–Kier alpha value is 0.620. The van der Waals surface area contributed by atoms with Gasteiger partial charge in [0.05, 0.1) is 3.79 Å². The maximum atomic E-state index is 3.57. The zero-order valence-corrected chi connectivity index (χ0v) is 12.2. The lowest BCUT2D eigenvalue weighted by molar-refractivity contribution is 0.544. The van der Waals surface area contributed by atoms with Crippen molar-refractivity contribution in [3.63, 3.8) is 0 Å². The van der Waals surface area contributed by atoms with Crippen LogP contribution in [0.2, 0.25) is 0 Å². The SMILES string of the molecule is CC1(C)CC1NCc1cc(Br)c(Br)s1. The van der Waals surface area contributed by atoms with Crippen LogP contribution in [-0.2, 0) is 6.54 Å². The number of nitrogens with one attached hydrogen (secondary N) is 1. The van der Waals surface area contributed by atoms with E-state index in [-0.39, 0.29) is 0 Å². The second-order valence-corrected chi connectivity index (χ2v) is 7.77. The molecule has 0 radical (unpaired) electrons. The zero-order valence-electron chi connectivity index (χ0n) is 8.23. The van der Waals surface area contributed by atoms with Crippen LogP contribution in [0.1, 0.15) is 25.1 Å². The van der Waals surface area contributed by atoms with Gasteiger partial charge >= 0.3 is 0 Å². The average Bonchev–Trinajstić information content (AvgIpc) is 2.56. The summed E-state index contributed by atoms with van der Waals surface area (Å²) in [6, 6.07) is 2.89. The Morgan fingerprint density at radius 1 is 1.57 bits per heavy atom. The van der Waals surface area contributed by atoms with Crippen molar-refractivity contribution in [2.24, 2.45) is 5.41 Å². The smallest absolute Gasteiger partial charge is 0.0843 e. The fraction of sp³-hybridized carbons (Fsp3) is 0.600. The highest BCUT2D eigenvalue weighted by Gasteiger charge is 2.44. The molecule has 0 aliphatic heterocycles. The summed E-state index contributed by atoms with van der Waals surface area (Å²) in [4.78, 5) is 1.38. The van der Waals surface area contributed by atoms with Gasteiger partial charge in [0, 0.05) is 21.9 Å². The number of hydrogen-bond acceptors (Lipinski definition) is 2. The third kappa shape index (κ3) is 2.40. The molecule has 0 aromatic carbocycles. The highest BCUT2D eigenvalue weighted by molar-refractivity contribution is 9.13. The molecule has 1 N–H and O–H groups in total. The van der Waals surface area contributed by atoms with Crippen LogP contribution < -0.4 is 5.32 Å². The van der Waals surface area contributed by atoms with Crippen molar-refractivity contribution in [3.05, 3.63) is 19.2 Å². The monoisotopic (exact) mass is 337 g/mol. The Bertz CT molecular complexity index is 326. The third-order valence-corrected chi connectivity index (χ3v) is 5.99. The molecule has 1 aliphatic carbocycles. The molecular weight excluding hydrogens is 326 g/mol. The summed E-state index contributed by atoms with van der Waals surface area (Å²) in [6.07, 6.45) is 1.31. The van der Waals surface area contributed by atoms with E-state index in [4.69, 9.17) is 0 Å². The lowest BCUT2D eigenvalue weighted by atomic mass is 10.2. The van der Waals surface area contributed by atoms with Crippen molar-refractivity contribution in [2.45, 2.75) is 32.9 Å². The topological polar surface area (TPSA) is 12.0 Å². The van der Waals surface area contributed by atoms with Gasteiger partial charge in [-0.15, -0.1) is 11.3 Å². The summed E-state index contributed by atoms with van der Waals surface area (Å²) >= 11 is 8.79. The minimum atomic E-state index is 0.520. The molecule has 1 saturated carbocycles. The van der Waals surface area contributed by atoms with Crippen molar-refractivity contribution in [3.8, 4) is 0 Å². The summed E-state index contributed by atoms with van der Waals surface area (Å²) in [5, 5.41) is 3.57. The molecule has 78 valence electrons. The van der Waals surface area contributed by atoms with Gasteiger partial charge in [-0.3, -0.25) is 0 Å². The van der Waals surface area contributed by atoms with E-state index in [0.29, 0.717) is 11.5 Å². The van der Waals surface area contributed by atoms with Crippen LogP contribution in [0.3, 0.4) is 0 Å². The van der Waals surface area contributed by atoms with Crippen LogP contribution in [0.5, 0.6) is 0 Å². The molecule has 14 heavy (non-hydrogen) atoms. The molecule has 1 unspecified atom stereocenters. The molecule has 1 atom stereocenters. The van der Waals surface area contributed by atoms with Crippen LogP contribution in [0.15, 0.2) is 14.3 Å². The number of hydrogen-bond donors (Lipinski definition) is 1. The van der Waals surface area contributed by atoms with Crippen molar-refractivity contribution < 1.29 is 0 Å². The van der Waals surface area contributed by atoms with Crippen LogP contribution in [0, 0.1) is 5.41 Å². The molecule has 1 heterocycles. The fourth-order valence-electron chi connectivity index (χ4n) is 1.52. The molecule has 0 saturated heterocycles. The van der Waals surface area contributed by atoms with Crippen LogP contribution in [0.25, 0.3) is 0 Å². The second-order valence-electron chi connectivity index (χ2n) is 4.46. The van der Waals surface area contributed by atoms with Gasteiger partial charge in [0.15, 0.2) is 0 Å². The van der Waals surface area contributed by atoms with Crippen molar-refractivity contribution in [1.29, 1.82) is 0 Å². The molecule has 1 aromatic heterocycles. The third-order valence-electron chi connectivity index (χ3n) is 2.73. The van der Waals surface area contributed by atoms with E-state index >= 15 is 0 Å².